The Morgan fingerprint density at radius 2 is 1.79 bits per heavy atom. The van der Waals surface area contributed by atoms with E-state index in [0.29, 0.717) is 27.1 Å². The number of thiophene rings is 1. The molecule has 34 heavy (non-hydrogen) atoms. The molecule has 0 radical (unpaired) electrons. The molecule has 0 aliphatic heterocycles. The van der Waals surface area contributed by atoms with Crippen molar-refractivity contribution in [2.75, 3.05) is 5.73 Å². The van der Waals surface area contributed by atoms with Crippen molar-refractivity contribution in [3.8, 4) is 11.5 Å². The minimum atomic E-state index is -1.81. The van der Waals surface area contributed by atoms with Crippen molar-refractivity contribution in [3.63, 3.8) is 0 Å². The standard InChI is InChI=1S/C25H20FN3O4S/c1-11-13(8-10-16(19(11)26)33-12-5-3-2-4-6-12)25(29)14-7-9-15(27)21-17(14)18(20(28)23(25)30)22(34-21)24(31)32/h2-10,20H,27-29H2,1H3,(H,31,32). The number of halogens is 1. The average molecular weight is 478 g/mol. The predicted octanol–water partition coefficient (Wildman–Crippen LogP) is 4.21. The van der Waals surface area contributed by atoms with E-state index in [1.165, 1.54) is 13.0 Å². The fourth-order valence-corrected chi connectivity index (χ4v) is 5.74. The van der Waals surface area contributed by atoms with Crippen LogP contribution in [0.5, 0.6) is 11.5 Å². The fraction of sp³-hybridized carbons (Fsp3) is 0.120. The largest absolute Gasteiger partial charge is 0.477 e. The zero-order chi connectivity index (χ0) is 24.4. The lowest BCUT2D eigenvalue weighted by molar-refractivity contribution is -0.124. The number of ketones is 1. The van der Waals surface area contributed by atoms with E-state index in [0.717, 1.165) is 11.3 Å². The van der Waals surface area contributed by atoms with Crippen LogP contribution in [0, 0.1) is 12.7 Å². The average Bonchev–Trinajstić information content (AvgIpc) is 3.23. The molecule has 5 rings (SSSR count). The third kappa shape index (κ3) is 2.95. The summed E-state index contributed by atoms with van der Waals surface area (Å²) in [5.41, 5.74) is 18.5. The summed E-state index contributed by atoms with van der Waals surface area (Å²) >= 11 is 0.944. The van der Waals surface area contributed by atoms with Gasteiger partial charge in [-0.1, -0.05) is 30.3 Å². The highest BCUT2D eigenvalue weighted by molar-refractivity contribution is 7.21. The molecule has 1 aliphatic carbocycles. The number of carboxylic acid groups (broad SMARTS) is 1. The van der Waals surface area contributed by atoms with Gasteiger partial charge in [-0.2, -0.15) is 0 Å². The monoisotopic (exact) mass is 477 g/mol. The molecule has 9 heteroatoms. The Bertz CT molecular complexity index is 1500. The van der Waals surface area contributed by atoms with E-state index in [-0.39, 0.29) is 27.3 Å². The second kappa shape index (κ2) is 7.63. The number of hydrogen-bond acceptors (Lipinski definition) is 7. The minimum Gasteiger partial charge on any atom is -0.477 e. The summed E-state index contributed by atoms with van der Waals surface area (Å²) in [6, 6.07) is 13.5. The molecule has 0 spiro atoms. The highest BCUT2D eigenvalue weighted by Gasteiger charge is 2.49. The molecule has 1 heterocycles. The van der Waals surface area contributed by atoms with Crippen molar-refractivity contribution in [3.05, 3.63) is 87.5 Å². The van der Waals surface area contributed by atoms with Crippen LogP contribution in [-0.4, -0.2) is 16.9 Å². The zero-order valence-corrected chi connectivity index (χ0v) is 18.8. The number of Topliss-reactive ketones (excluding diaryl/α,β-unsaturated/α-hetero) is 1. The van der Waals surface area contributed by atoms with E-state index >= 15 is 4.39 Å². The number of benzene rings is 3. The van der Waals surface area contributed by atoms with Crippen LogP contribution in [0.1, 0.15) is 38.0 Å². The molecule has 7 nitrogen and oxygen atoms in total. The SMILES string of the molecule is Cc1c(C2(N)C(=O)C(N)c3c(C(=O)O)sc4c(N)ccc2c34)ccc(Oc2ccccc2)c1F. The second-order valence-corrected chi connectivity index (χ2v) is 9.19. The van der Waals surface area contributed by atoms with Gasteiger partial charge in [-0.3, -0.25) is 4.79 Å². The Hall–Kier alpha value is -3.79. The number of carboxylic acids is 1. The normalized spacial score (nSPS) is 19.4. The summed E-state index contributed by atoms with van der Waals surface area (Å²) in [4.78, 5) is 25.4. The number of ether oxygens (including phenoxy) is 1. The molecule has 2 atom stereocenters. The molecular weight excluding hydrogens is 457 g/mol. The number of para-hydroxylation sites is 1. The highest BCUT2D eigenvalue weighted by Crippen LogP contribution is 2.50. The van der Waals surface area contributed by atoms with Crippen molar-refractivity contribution in [2.24, 2.45) is 11.5 Å². The first kappa shape index (κ1) is 22.0. The van der Waals surface area contributed by atoms with Crippen LogP contribution < -0.4 is 21.9 Å². The molecule has 0 bridgehead atoms. The molecule has 2 unspecified atom stereocenters. The summed E-state index contributed by atoms with van der Waals surface area (Å²) in [6.45, 7) is 1.51. The zero-order valence-electron chi connectivity index (χ0n) is 18.0. The third-order valence-electron chi connectivity index (χ3n) is 6.25. The first-order valence-corrected chi connectivity index (χ1v) is 11.2. The maximum absolute atomic E-state index is 15.4. The van der Waals surface area contributed by atoms with E-state index in [1.54, 1.807) is 42.5 Å². The Balaban J connectivity index is 1.74. The fourth-order valence-electron chi connectivity index (χ4n) is 4.60. The van der Waals surface area contributed by atoms with E-state index in [1.807, 2.05) is 6.07 Å². The quantitative estimate of drug-likeness (QED) is 0.323. The van der Waals surface area contributed by atoms with Gasteiger partial charge in [-0.25, -0.2) is 9.18 Å². The summed E-state index contributed by atoms with van der Waals surface area (Å²) in [5.74, 6) is -2.07. The third-order valence-corrected chi connectivity index (χ3v) is 7.50. The van der Waals surface area contributed by atoms with Crippen molar-refractivity contribution in [2.45, 2.75) is 18.5 Å². The van der Waals surface area contributed by atoms with E-state index in [4.69, 9.17) is 21.9 Å². The van der Waals surface area contributed by atoms with Gasteiger partial charge >= 0.3 is 5.97 Å². The van der Waals surface area contributed by atoms with Crippen LogP contribution in [0.2, 0.25) is 0 Å². The van der Waals surface area contributed by atoms with Crippen LogP contribution in [-0.2, 0) is 10.3 Å². The molecule has 172 valence electrons. The van der Waals surface area contributed by atoms with Crippen molar-refractivity contribution < 1.29 is 23.8 Å². The smallest absolute Gasteiger partial charge is 0.346 e. The van der Waals surface area contributed by atoms with Gasteiger partial charge in [0.1, 0.15) is 16.2 Å². The lowest BCUT2D eigenvalue weighted by Gasteiger charge is -2.37. The van der Waals surface area contributed by atoms with Crippen molar-refractivity contribution >= 4 is 38.9 Å². The van der Waals surface area contributed by atoms with Gasteiger partial charge in [-0.05, 0) is 47.9 Å². The maximum Gasteiger partial charge on any atom is 0.346 e. The highest BCUT2D eigenvalue weighted by atomic mass is 32.1. The van der Waals surface area contributed by atoms with E-state index in [2.05, 4.69) is 0 Å². The molecule has 4 aromatic rings. The Morgan fingerprint density at radius 3 is 2.47 bits per heavy atom. The number of anilines is 1. The summed E-state index contributed by atoms with van der Waals surface area (Å²) in [5, 5.41) is 10.1. The maximum atomic E-state index is 15.4. The van der Waals surface area contributed by atoms with Gasteiger partial charge < -0.3 is 27.0 Å². The van der Waals surface area contributed by atoms with Crippen molar-refractivity contribution in [1.29, 1.82) is 0 Å². The van der Waals surface area contributed by atoms with Crippen LogP contribution >= 0.6 is 11.3 Å². The predicted molar refractivity (Wildman–Crippen MR) is 128 cm³/mol. The molecule has 0 saturated carbocycles. The van der Waals surface area contributed by atoms with Gasteiger partial charge in [-0.15, -0.1) is 11.3 Å². The van der Waals surface area contributed by atoms with Crippen LogP contribution in [0.4, 0.5) is 10.1 Å². The molecule has 7 N–H and O–H groups in total. The molecule has 0 amide bonds. The lowest BCUT2D eigenvalue weighted by Crippen LogP contribution is -2.53. The first-order chi connectivity index (χ1) is 16.2. The van der Waals surface area contributed by atoms with Gasteiger partial charge in [0.05, 0.1) is 10.7 Å². The molecule has 1 aliphatic rings. The Morgan fingerprint density at radius 1 is 1.12 bits per heavy atom. The van der Waals surface area contributed by atoms with Crippen LogP contribution in [0.3, 0.4) is 0 Å². The Kier molecular flexibility index (Phi) is 4.94. The number of nitrogens with two attached hydrogens (primary N) is 3. The van der Waals surface area contributed by atoms with Crippen molar-refractivity contribution in [1.82, 2.24) is 0 Å². The molecular formula is C25H20FN3O4S. The molecule has 0 saturated heterocycles. The summed E-state index contributed by atoms with van der Waals surface area (Å²) in [6.07, 6.45) is 0. The lowest BCUT2D eigenvalue weighted by atomic mass is 9.69. The number of carbonyl (C=O) groups is 2. The number of nitrogen functional groups attached to an aromatic ring is 1. The molecule has 0 fully saturated rings. The Labute approximate surface area is 197 Å². The van der Waals surface area contributed by atoms with Gasteiger partial charge in [0.25, 0.3) is 0 Å². The molecule has 1 aromatic heterocycles. The van der Waals surface area contributed by atoms with Crippen LogP contribution in [0.15, 0.2) is 54.6 Å². The minimum absolute atomic E-state index is 0.0181. The topological polar surface area (TPSA) is 142 Å². The molecule has 3 aromatic carbocycles. The number of aromatic carboxylic acids is 1. The number of hydrogen-bond donors (Lipinski definition) is 4. The van der Waals surface area contributed by atoms with Gasteiger partial charge in [0.15, 0.2) is 17.3 Å². The number of carbonyl (C=O) groups excluding carboxylic acids is 1. The summed E-state index contributed by atoms with van der Waals surface area (Å²) < 4.78 is 21.6. The van der Waals surface area contributed by atoms with E-state index < -0.39 is 29.2 Å². The second-order valence-electron chi connectivity index (χ2n) is 8.17. The van der Waals surface area contributed by atoms with E-state index in [9.17, 15) is 14.7 Å². The van der Waals surface area contributed by atoms with Gasteiger partial charge in [0.2, 0.25) is 0 Å². The van der Waals surface area contributed by atoms with Gasteiger partial charge in [0, 0.05) is 16.6 Å². The number of rotatable bonds is 4. The summed E-state index contributed by atoms with van der Waals surface area (Å²) in [7, 11) is 0. The first-order valence-electron chi connectivity index (χ1n) is 10.4. The van der Waals surface area contributed by atoms with Crippen LogP contribution in [0.25, 0.3) is 10.1 Å².